The van der Waals surface area contributed by atoms with E-state index in [9.17, 15) is 29.4 Å². The number of esters is 4. The first kappa shape index (κ1) is 35.9. The van der Waals surface area contributed by atoms with E-state index in [4.69, 9.17) is 28.1 Å². The molecule has 11 unspecified atom stereocenters. The van der Waals surface area contributed by atoms with Crippen molar-refractivity contribution >= 4 is 23.9 Å². The number of carbonyl (C=O) groups is 4. The molecule has 2 saturated carbocycles. The molecule has 1 aromatic rings. The number of furan rings is 1. The highest BCUT2D eigenvalue weighted by Crippen LogP contribution is 2.82. The summed E-state index contributed by atoms with van der Waals surface area (Å²) in [4.78, 5) is 54.0. The summed E-state index contributed by atoms with van der Waals surface area (Å²) in [6, 6.07) is 1.73. The number of methoxy groups -OCH3 is 1. The van der Waals surface area contributed by atoms with Crippen LogP contribution >= 0.6 is 0 Å². The molecule has 49 heavy (non-hydrogen) atoms. The van der Waals surface area contributed by atoms with Crippen LogP contribution in [0.4, 0.5) is 0 Å². The molecular weight excluding hydrogens is 636 g/mol. The Morgan fingerprint density at radius 3 is 2.10 bits per heavy atom. The Hall–Kier alpha value is -2.96. The van der Waals surface area contributed by atoms with E-state index in [1.54, 1.807) is 26.8 Å². The predicted octanol–water partition coefficient (Wildman–Crippen LogP) is 4.64. The van der Waals surface area contributed by atoms with Gasteiger partial charge < -0.3 is 38.3 Å². The van der Waals surface area contributed by atoms with E-state index in [0.717, 1.165) is 0 Å². The molecule has 4 heterocycles. The molecule has 0 amide bonds. The third-order valence-corrected chi connectivity index (χ3v) is 13.0. The van der Waals surface area contributed by atoms with Gasteiger partial charge in [-0.3, -0.25) is 19.2 Å². The van der Waals surface area contributed by atoms with Crippen LogP contribution in [-0.4, -0.2) is 70.4 Å². The van der Waals surface area contributed by atoms with Crippen LogP contribution < -0.4 is 0 Å². The molecule has 6 rings (SSSR count). The van der Waals surface area contributed by atoms with Gasteiger partial charge >= 0.3 is 23.9 Å². The Morgan fingerprint density at radius 1 is 0.939 bits per heavy atom. The lowest BCUT2D eigenvalue weighted by Crippen LogP contribution is -2.85. The van der Waals surface area contributed by atoms with Gasteiger partial charge in [0.15, 0.2) is 11.7 Å². The van der Waals surface area contributed by atoms with Crippen LogP contribution in [0, 0.1) is 45.8 Å². The Labute approximate surface area is 287 Å². The lowest BCUT2D eigenvalue weighted by atomic mass is 9.35. The number of rotatable bonds is 9. The summed E-state index contributed by atoms with van der Waals surface area (Å²) in [7, 11) is 1.28. The average Bonchev–Trinajstić information content (AvgIpc) is 3.65. The third kappa shape index (κ3) is 4.64. The first-order chi connectivity index (χ1) is 22.7. The normalized spacial score (nSPS) is 43.1. The summed E-state index contributed by atoms with van der Waals surface area (Å²) in [5, 5.41) is 26.6. The molecule has 2 bridgehead atoms. The van der Waals surface area contributed by atoms with E-state index in [0.29, 0.717) is 18.4 Å². The fraction of sp³-hybridized carbons (Fsp3) is 0.784. The van der Waals surface area contributed by atoms with Crippen LogP contribution in [0.15, 0.2) is 23.0 Å². The molecule has 1 spiro atoms. The van der Waals surface area contributed by atoms with Gasteiger partial charge in [-0.15, -0.1) is 0 Å². The summed E-state index contributed by atoms with van der Waals surface area (Å²) in [6.07, 6.45) is -0.141. The van der Waals surface area contributed by atoms with Crippen molar-refractivity contribution in [2.24, 2.45) is 45.8 Å². The second kappa shape index (κ2) is 11.5. The van der Waals surface area contributed by atoms with Gasteiger partial charge in [-0.1, -0.05) is 55.4 Å². The van der Waals surface area contributed by atoms with Crippen LogP contribution in [0.25, 0.3) is 0 Å². The fourth-order valence-corrected chi connectivity index (χ4v) is 11.1. The minimum absolute atomic E-state index is 0.0107. The van der Waals surface area contributed by atoms with Crippen molar-refractivity contribution in [2.75, 3.05) is 7.11 Å². The topological polar surface area (TPSA) is 168 Å². The van der Waals surface area contributed by atoms with Crippen LogP contribution in [0.5, 0.6) is 0 Å². The summed E-state index contributed by atoms with van der Waals surface area (Å²) in [5.41, 5.74) is -6.87. The number of fused-ring (bicyclic) bond motifs is 2. The first-order valence-corrected chi connectivity index (χ1v) is 17.6. The number of hydrogen-bond donors (Lipinski definition) is 2. The maximum atomic E-state index is 13.7. The SMILES string of the molecule is COC(=O)CC1C(C)(C)C(OC(=O)CC(C)C)C2(O)C(OC(=O)CC(C)C)C34OC2(O)C1(C)C3CCC1(C)C(c2ccoc2)OC(=O)CC14. The van der Waals surface area contributed by atoms with Crippen LogP contribution in [0.1, 0.15) is 106 Å². The number of aliphatic hydroxyl groups is 2. The molecule has 11 atom stereocenters. The maximum absolute atomic E-state index is 13.7. The van der Waals surface area contributed by atoms with Gasteiger partial charge in [-0.2, -0.15) is 0 Å². The Morgan fingerprint density at radius 2 is 1.55 bits per heavy atom. The highest BCUT2D eigenvalue weighted by Gasteiger charge is 2.96. The van der Waals surface area contributed by atoms with Crippen molar-refractivity contribution in [3.05, 3.63) is 24.2 Å². The van der Waals surface area contributed by atoms with Gasteiger partial charge in [0, 0.05) is 52.9 Å². The van der Waals surface area contributed by atoms with Gasteiger partial charge in [0.25, 0.3) is 0 Å². The monoisotopic (exact) mass is 688 g/mol. The molecule has 5 fully saturated rings. The summed E-state index contributed by atoms with van der Waals surface area (Å²) in [5.74, 6) is -7.08. The standard InChI is InChI=1S/C37H52O12/c1-19(2)14-26(39)47-30-32(5,6)23(16-25(38)44-9)34(8)22-10-12-33(7)24(17-28(41)46-29(33)21-11-13-45-18-21)35(22)31(48-27(40)15-20(3)4)36(30,42)37(34,43)49-35/h11,13,18-20,22-24,29-31,42-43H,10,12,14-17H2,1-9H3. The number of ether oxygens (including phenoxy) is 5. The van der Waals surface area contributed by atoms with Crippen molar-refractivity contribution in [1.82, 2.24) is 0 Å². The van der Waals surface area contributed by atoms with Crippen molar-refractivity contribution in [3.8, 4) is 0 Å². The molecular formula is C37H52O12. The smallest absolute Gasteiger partial charge is 0.306 e. The van der Waals surface area contributed by atoms with Gasteiger partial charge in [-0.25, -0.2) is 0 Å². The largest absolute Gasteiger partial charge is 0.472 e. The van der Waals surface area contributed by atoms with E-state index in [2.05, 4.69) is 0 Å². The van der Waals surface area contributed by atoms with Crippen molar-refractivity contribution in [2.45, 2.75) is 129 Å². The van der Waals surface area contributed by atoms with E-state index in [1.807, 2.05) is 34.6 Å². The number of cyclic esters (lactones) is 1. The van der Waals surface area contributed by atoms with Crippen molar-refractivity contribution < 1.29 is 57.5 Å². The first-order valence-electron chi connectivity index (χ1n) is 17.6. The molecule has 12 heteroatoms. The zero-order valence-electron chi connectivity index (χ0n) is 30.1. The van der Waals surface area contributed by atoms with Gasteiger partial charge in [0.05, 0.1) is 26.1 Å². The molecule has 5 aliphatic rings. The van der Waals surface area contributed by atoms with E-state index < -0.39 is 93.2 Å². The zero-order chi connectivity index (χ0) is 36.1. The Kier molecular flexibility index (Phi) is 8.44. The quantitative estimate of drug-likeness (QED) is 0.273. The number of carbonyl (C=O) groups excluding carboxylic acids is 4. The van der Waals surface area contributed by atoms with Crippen LogP contribution in [0.2, 0.25) is 0 Å². The van der Waals surface area contributed by atoms with E-state index >= 15 is 0 Å². The molecule has 3 saturated heterocycles. The molecule has 2 aliphatic carbocycles. The van der Waals surface area contributed by atoms with Gasteiger partial charge in [0.1, 0.15) is 17.8 Å². The highest BCUT2D eigenvalue weighted by molar-refractivity contribution is 5.74. The second-order valence-corrected chi connectivity index (χ2v) is 17.1. The average molecular weight is 689 g/mol. The van der Waals surface area contributed by atoms with Crippen LogP contribution in [0.3, 0.4) is 0 Å². The minimum atomic E-state index is -2.50. The molecule has 12 nitrogen and oxygen atoms in total. The van der Waals surface area contributed by atoms with Crippen molar-refractivity contribution in [3.63, 3.8) is 0 Å². The highest BCUT2D eigenvalue weighted by atomic mass is 16.7. The summed E-state index contributed by atoms with van der Waals surface area (Å²) >= 11 is 0. The molecule has 0 radical (unpaired) electrons. The molecule has 1 aromatic heterocycles. The Balaban J connectivity index is 1.62. The second-order valence-electron chi connectivity index (χ2n) is 17.1. The molecule has 0 aromatic carbocycles. The lowest BCUT2D eigenvalue weighted by molar-refractivity contribution is -0.385. The summed E-state index contributed by atoms with van der Waals surface area (Å²) in [6.45, 7) is 14.8. The molecule has 2 N–H and O–H groups in total. The number of hydrogen-bond acceptors (Lipinski definition) is 12. The fourth-order valence-electron chi connectivity index (χ4n) is 11.1. The van der Waals surface area contributed by atoms with Gasteiger partial charge in [0.2, 0.25) is 5.79 Å². The van der Waals surface area contributed by atoms with Crippen molar-refractivity contribution in [1.29, 1.82) is 0 Å². The zero-order valence-corrected chi connectivity index (χ0v) is 30.1. The third-order valence-electron chi connectivity index (χ3n) is 13.0. The predicted molar refractivity (Wildman–Crippen MR) is 171 cm³/mol. The molecule has 3 aliphatic heterocycles. The summed E-state index contributed by atoms with van der Waals surface area (Å²) < 4.78 is 36.1. The Bertz CT molecular complexity index is 1500. The van der Waals surface area contributed by atoms with E-state index in [1.165, 1.54) is 19.6 Å². The van der Waals surface area contributed by atoms with E-state index in [-0.39, 0.29) is 37.5 Å². The molecule has 272 valence electrons. The maximum Gasteiger partial charge on any atom is 0.306 e. The lowest BCUT2D eigenvalue weighted by Gasteiger charge is -2.70. The minimum Gasteiger partial charge on any atom is -0.472 e. The van der Waals surface area contributed by atoms with Crippen LogP contribution in [-0.2, 0) is 42.9 Å². The van der Waals surface area contributed by atoms with Gasteiger partial charge in [-0.05, 0) is 36.7 Å².